The largest absolute Gasteiger partial charge is 1.00 e. The Morgan fingerprint density at radius 3 is 1.83 bits per heavy atom. The molecule has 0 bridgehead atoms. The summed E-state index contributed by atoms with van der Waals surface area (Å²) in [7, 11) is 0. The van der Waals surface area contributed by atoms with Gasteiger partial charge in [0.05, 0.1) is 0 Å². The molecule has 0 unspecified atom stereocenters. The van der Waals surface area contributed by atoms with Crippen LogP contribution in [0, 0.1) is 6.92 Å². The smallest absolute Gasteiger partial charge is 1.00 e. The fourth-order valence-corrected chi connectivity index (χ4v) is 0.534. The van der Waals surface area contributed by atoms with Crippen molar-refractivity contribution in [2.45, 2.75) is 13.8 Å². The first kappa shape index (κ1) is 14.8. The van der Waals surface area contributed by atoms with Crippen LogP contribution in [-0.4, -0.2) is 11.1 Å². The van der Waals surface area contributed by atoms with Crippen LogP contribution in [0.2, 0.25) is 0 Å². The number of carboxylic acids is 1. The summed E-state index contributed by atoms with van der Waals surface area (Å²) >= 11 is 0. The van der Waals surface area contributed by atoms with Gasteiger partial charge in [0.2, 0.25) is 0 Å². The minimum Gasteiger partial charge on any atom is -1.00 e. The van der Waals surface area contributed by atoms with Crippen LogP contribution in [0.25, 0.3) is 0 Å². The Morgan fingerprint density at radius 1 is 1.33 bits per heavy atom. The average molecular weight is 192 g/mol. The summed E-state index contributed by atoms with van der Waals surface area (Å²) in [5.74, 6) is -0.833. The van der Waals surface area contributed by atoms with Crippen LogP contribution in [0.3, 0.4) is 0 Å². The number of hydrogen-bond donors (Lipinski definition) is 1. The van der Waals surface area contributed by atoms with Gasteiger partial charge in [-0.05, 0) is 6.92 Å². The molecule has 0 aliphatic heterocycles. The monoisotopic (exact) mass is 192 g/mol. The number of carbonyl (C=O) groups is 1. The van der Waals surface area contributed by atoms with Crippen molar-refractivity contribution >= 4 is 5.97 Å². The quantitative estimate of drug-likeness (QED) is 0.547. The summed E-state index contributed by atoms with van der Waals surface area (Å²) in [5.41, 5.74) is 1.32. The molecule has 1 N–H and O–H groups in total. The maximum absolute atomic E-state index is 9.00. The van der Waals surface area contributed by atoms with Gasteiger partial charge in [-0.3, -0.25) is 4.79 Å². The van der Waals surface area contributed by atoms with Crippen molar-refractivity contribution in [1.82, 2.24) is 0 Å². The molecule has 1 aromatic carbocycles. The van der Waals surface area contributed by atoms with Crippen LogP contribution in [-0.2, 0) is 4.79 Å². The minimum atomic E-state index is -0.833. The van der Waals surface area contributed by atoms with E-state index in [-0.39, 0.29) is 52.8 Å². The van der Waals surface area contributed by atoms with Gasteiger partial charge in [-0.2, -0.15) is 0 Å². The molecule has 62 valence electrons. The average Bonchev–Trinajstić information content (AvgIpc) is 1.87. The molecule has 0 heterocycles. The molecular formula is C9H13KO2. The second-order valence-electron chi connectivity index (χ2n) is 2.17. The Kier molecular flexibility index (Phi) is 11.6. The zero-order chi connectivity index (χ0) is 8.69. The molecule has 0 amide bonds. The summed E-state index contributed by atoms with van der Waals surface area (Å²) in [5, 5.41) is 7.42. The fourth-order valence-electron chi connectivity index (χ4n) is 0.534. The molecule has 0 aromatic heterocycles. The summed E-state index contributed by atoms with van der Waals surface area (Å²) in [6.07, 6.45) is 0. The van der Waals surface area contributed by atoms with E-state index in [0.29, 0.717) is 0 Å². The molecule has 0 fully saturated rings. The van der Waals surface area contributed by atoms with E-state index in [9.17, 15) is 0 Å². The molecule has 0 aliphatic carbocycles. The molecule has 1 aromatic rings. The molecule has 12 heavy (non-hydrogen) atoms. The minimum absolute atomic E-state index is 0. The molecule has 0 saturated heterocycles. The van der Waals surface area contributed by atoms with E-state index in [1.54, 1.807) is 0 Å². The van der Waals surface area contributed by atoms with Gasteiger partial charge in [-0.25, -0.2) is 0 Å². The summed E-state index contributed by atoms with van der Waals surface area (Å²) < 4.78 is 0. The first-order valence-corrected chi connectivity index (χ1v) is 3.34. The first-order chi connectivity index (χ1) is 5.13. The van der Waals surface area contributed by atoms with Gasteiger partial charge in [0.1, 0.15) is 0 Å². The Labute approximate surface area is 117 Å². The predicted octanol–water partition coefficient (Wildman–Crippen LogP) is -0.798. The van der Waals surface area contributed by atoms with E-state index in [2.05, 4.69) is 19.1 Å². The first-order valence-electron chi connectivity index (χ1n) is 3.34. The SMILES string of the molecule is CC(=O)O.Cc1ccccc1.[H-].[K+]. The van der Waals surface area contributed by atoms with Crippen molar-refractivity contribution in [3.63, 3.8) is 0 Å². The van der Waals surface area contributed by atoms with Gasteiger partial charge in [-0.15, -0.1) is 0 Å². The van der Waals surface area contributed by atoms with Gasteiger partial charge in [-0.1, -0.05) is 35.9 Å². The molecule has 2 nitrogen and oxygen atoms in total. The zero-order valence-corrected chi connectivity index (χ0v) is 10.9. The number of carboxylic acid groups (broad SMARTS) is 1. The maximum atomic E-state index is 9.00. The summed E-state index contributed by atoms with van der Waals surface area (Å²) in [6, 6.07) is 10.3. The fraction of sp³-hybridized carbons (Fsp3) is 0.222. The number of hydrogen-bond acceptors (Lipinski definition) is 1. The zero-order valence-electron chi connectivity index (χ0n) is 8.74. The van der Waals surface area contributed by atoms with Crippen molar-refractivity contribution in [1.29, 1.82) is 0 Å². The Hall–Kier alpha value is 0.326. The molecule has 1 rings (SSSR count). The van der Waals surface area contributed by atoms with E-state index in [0.717, 1.165) is 6.92 Å². The molecule has 0 saturated carbocycles. The van der Waals surface area contributed by atoms with E-state index in [1.165, 1.54) is 5.56 Å². The number of benzene rings is 1. The van der Waals surface area contributed by atoms with Crippen molar-refractivity contribution in [3.05, 3.63) is 35.9 Å². The van der Waals surface area contributed by atoms with Crippen molar-refractivity contribution in [3.8, 4) is 0 Å². The Bertz CT molecular complexity index is 210. The van der Waals surface area contributed by atoms with Crippen LogP contribution >= 0.6 is 0 Å². The van der Waals surface area contributed by atoms with Crippen molar-refractivity contribution < 1.29 is 62.7 Å². The van der Waals surface area contributed by atoms with E-state index < -0.39 is 5.97 Å². The van der Waals surface area contributed by atoms with Gasteiger partial charge in [0, 0.05) is 6.92 Å². The number of rotatable bonds is 0. The van der Waals surface area contributed by atoms with Crippen molar-refractivity contribution in [2.75, 3.05) is 0 Å². The van der Waals surface area contributed by atoms with Gasteiger partial charge in [0.25, 0.3) is 5.97 Å². The van der Waals surface area contributed by atoms with Gasteiger partial charge < -0.3 is 6.53 Å². The van der Waals surface area contributed by atoms with E-state index in [1.807, 2.05) is 18.2 Å². The third kappa shape index (κ3) is 13.0. The summed E-state index contributed by atoms with van der Waals surface area (Å²) in [4.78, 5) is 9.00. The number of aliphatic carboxylic acids is 1. The van der Waals surface area contributed by atoms with E-state index in [4.69, 9.17) is 9.90 Å². The van der Waals surface area contributed by atoms with Crippen LogP contribution < -0.4 is 51.4 Å². The third-order valence-electron chi connectivity index (χ3n) is 0.940. The molecule has 0 spiro atoms. The Morgan fingerprint density at radius 2 is 1.67 bits per heavy atom. The Balaban J connectivity index is -0.000000150. The standard InChI is InChI=1S/C7H8.C2H4O2.K.H/c1-7-5-3-2-4-6-7;1-2(3)4;;/h2-6H,1H3;1H3,(H,3,4);;/q;;+1;-1. The van der Waals surface area contributed by atoms with Crippen LogP contribution in [0.15, 0.2) is 30.3 Å². The summed E-state index contributed by atoms with van der Waals surface area (Å²) in [6.45, 7) is 3.17. The van der Waals surface area contributed by atoms with Gasteiger partial charge in [0.15, 0.2) is 0 Å². The topological polar surface area (TPSA) is 37.3 Å². The molecule has 0 radical (unpaired) electrons. The molecular weight excluding hydrogens is 179 g/mol. The predicted molar refractivity (Wildman–Crippen MR) is 45.6 cm³/mol. The third-order valence-corrected chi connectivity index (χ3v) is 0.940. The molecule has 0 atom stereocenters. The van der Waals surface area contributed by atoms with Gasteiger partial charge >= 0.3 is 51.4 Å². The molecule has 0 aliphatic rings. The van der Waals surface area contributed by atoms with Crippen molar-refractivity contribution in [2.24, 2.45) is 0 Å². The number of aryl methyl sites for hydroxylation is 1. The van der Waals surface area contributed by atoms with Crippen LogP contribution in [0.5, 0.6) is 0 Å². The second kappa shape index (κ2) is 9.41. The van der Waals surface area contributed by atoms with Crippen LogP contribution in [0.1, 0.15) is 13.9 Å². The van der Waals surface area contributed by atoms with Crippen LogP contribution in [0.4, 0.5) is 0 Å². The normalized spacial score (nSPS) is 7.17. The second-order valence-corrected chi connectivity index (χ2v) is 2.17. The van der Waals surface area contributed by atoms with E-state index >= 15 is 0 Å². The molecule has 3 heteroatoms. The maximum Gasteiger partial charge on any atom is 1.00 e.